The zero-order valence-electron chi connectivity index (χ0n) is 11.2. The van der Waals surface area contributed by atoms with Gasteiger partial charge >= 0.3 is 0 Å². The fourth-order valence-corrected chi connectivity index (χ4v) is 1.95. The first-order valence-electron chi connectivity index (χ1n) is 6.25. The summed E-state index contributed by atoms with van der Waals surface area (Å²) in [4.78, 5) is 15.7. The molecule has 0 aliphatic rings. The Kier molecular flexibility index (Phi) is 3.26. The van der Waals surface area contributed by atoms with Gasteiger partial charge in [-0.1, -0.05) is 0 Å². The number of aromatic hydroxyl groups is 1. The quantitative estimate of drug-likeness (QED) is 0.656. The van der Waals surface area contributed by atoms with Crippen molar-refractivity contribution < 1.29 is 9.50 Å². The maximum Gasteiger partial charge on any atom is 0.220 e. The van der Waals surface area contributed by atoms with Crippen LogP contribution in [0.3, 0.4) is 0 Å². The van der Waals surface area contributed by atoms with E-state index in [1.165, 1.54) is 30.6 Å². The third kappa shape index (κ3) is 2.37. The second kappa shape index (κ2) is 5.24. The van der Waals surface area contributed by atoms with Crippen LogP contribution in [-0.2, 0) is 0 Å². The van der Waals surface area contributed by atoms with Crippen LogP contribution in [0.4, 0.5) is 16.2 Å². The van der Waals surface area contributed by atoms with Gasteiger partial charge in [-0.3, -0.25) is 0 Å². The van der Waals surface area contributed by atoms with Crippen LogP contribution < -0.4 is 11.5 Å². The van der Waals surface area contributed by atoms with Gasteiger partial charge < -0.3 is 16.6 Å². The van der Waals surface area contributed by atoms with Crippen LogP contribution in [0.2, 0.25) is 0 Å². The topological polar surface area (TPSA) is 124 Å². The Bertz CT molecular complexity index is 854. The van der Waals surface area contributed by atoms with Gasteiger partial charge in [0.15, 0.2) is 11.6 Å². The summed E-state index contributed by atoms with van der Waals surface area (Å²) in [5.74, 6) is -0.957. The molecule has 0 bridgehead atoms. The maximum atomic E-state index is 14.1. The van der Waals surface area contributed by atoms with Crippen LogP contribution in [0, 0.1) is 5.82 Å². The Balaban J connectivity index is 2.17. The molecule has 0 saturated carbocycles. The van der Waals surface area contributed by atoms with Gasteiger partial charge in [-0.25, -0.2) is 24.3 Å². The van der Waals surface area contributed by atoms with E-state index in [-0.39, 0.29) is 34.5 Å². The summed E-state index contributed by atoms with van der Waals surface area (Å²) in [5.41, 5.74) is 11.9. The number of nitrogens with two attached hydrogens (primary N) is 2. The van der Waals surface area contributed by atoms with E-state index in [1.54, 1.807) is 6.07 Å². The molecule has 0 atom stereocenters. The van der Waals surface area contributed by atoms with E-state index in [2.05, 4.69) is 19.9 Å². The number of aromatic nitrogens is 4. The molecule has 3 heterocycles. The SMILES string of the molecule is Nc1nccc(-c2nc(-c3ccnc(N)c3F)ccc2O)n1. The Hall–Kier alpha value is -3.29. The molecule has 110 valence electrons. The smallest absolute Gasteiger partial charge is 0.220 e. The van der Waals surface area contributed by atoms with Crippen molar-refractivity contribution in [3.63, 3.8) is 0 Å². The number of anilines is 2. The molecule has 0 radical (unpaired) electrons. The summed E-state index contributed by atoms with van der Waals surface area (Å²) in [6, 6.07) is 5.86. The lowest BCUT2D eigenvalue weighted by molar-refractivity contribution is 0.475. The molecule has 7 nitrogen and oxygen atoms in total. The number of nitrogen functional groups attached to an aromatic ring is 2. The van der Waals surface area contributed by atoms with Crippen molar-refractivity contribution in [2.24, 2.45) is 0 Å². The average Bonchev–Trinajstić information content (AvgIpc) is 2.51. The Labute approximate surface area is 124 Å². The minimum Gasteiger partial charge on any atom is -0.506 e. The molecule has 3 rings (SSSR count). The molecule has 0 unspecified atom stereocenters. The average molecular weight is 298 g/mol. The van der Waals surface area contributed by atoms with Gasteiger partial charge in [-0.15, -0.1) is 0 Å². The first-order chi connectivity index (χ1) is 10.6. The van der Waals surface area contributed by atoms with Crippen molar-refractivity contribution in [2.75, 3.05) is 11.5 Å². The van der Waals surface area contributed by atoms with Crippen molar-refractivity contribution >= 4 is 11.8 Å². The predicted molar refractivity (Wildman–Crippen MR) is 78.9 cm³/mol. The molecule has 3 aromatic heterocycles. The summed E-state index contributed by atoms with van der Waals surface area (Å²) in [6.45, 7) is 0. The molecule has 0 aliphatic carbocycles. The van der Waals surface area contributed by atoms with Crippen molar-refractivity contribution in [1.29, 1.82) is 0 Å². The first-order valence-corrected chi connectivity index (χ1v) is 6.25. The lowest BCUT2D eigenvalue weighted by Crippen LogP contribution is -1.99. The molecular weight excluding hydrogens is 287 g/mol. The molecule has 22 heavy (non-hydrogen) atoms. The van der Waals surface area contributed by atoms with Gasteiger partial charge in [0.1, 0.15) is 11.4 Å². The summed E-state index contributed by atoms with van der Waals surface area (Å²) < 4.78 is 14.1. The van der Waals surface area contributed by atoms with Crippen LogP contribution in [0.25, 0.3) is 22.6 Å². The van der Waals surface area contributed by atoms with Crippen LogP contribution in [0.1, 0.15) is 0 Å². The standard InChI is InChI=1S/C14H11FN6O/c15-11-7(3-5-18-13(11)16)8-1-2-10(22)12(20-8)9-4-6-19-14(17)21-9/h1-6,22H,(H2,16,18)(H2,17,19,21). The van der Waals surface area contributed by atoms with Crippen molar-refractivity contribution in [2.45, 2.75) is 0 Å². The second-order valence-electron chi connectivity index (χ2n) is 4.42. The normalized spacial score (nSPS) is 10.6. The van der Waals surface area contributed by atoms with Gasteiger partial charge in [-0.2, -0.15) is 0 Å². The number of nitrogens with zero attached hydrogens (tertiary/aromatic N) is 4. The molecule has 0 fully saturated rings. The molecule has 0 aliphatic heterocycles. The summed E-state index contributed by atoms with van der Waals surface area (Å²) in [6.07, 6.45) is 2.82. The third-order valence-corrected chi connectivity index (χ3v) is 2.98. The maximum absolute atomic E-state index is 14.1. The molecular formula is C14H11FN6O. The number of halogens is 1. The zero-order chi connectivity index (χ0) is 15.7. The highest BCUT2D eigenvalue weighted by molar-refractivity contribution is 5.70. The van der Waals surface area contributed by atoms with Gasteiger partial charge in [0, 0.05) is 18.0 Å². The monoisotopic (exact) mass is 298 g/mol. The second-order valence-corrected chi connectivity index (χ2v) is 4.42. The number of pyridine rings is 2. The van der Waals surface area contributed by atoms with Crippen LogP contribution in [0.5, 0.6) is 5.75 Å². The van der Waals surface area contributed by atoms with Gasteiger partial charge in [0.25, 0.3) is 0 Å². The Morgan fingerprint density at radius 3 is 2.45 bits per heavy atom. The number of hydrogen-bond donors (Lipinski definition) is 3. The molecule has 0 spiro atoms. The first kappa shape index (κ1) is 13.7. The van der Waals surface area contributed by atoms with Crippen molar-refractivity contribution in [1.82, 2.24) is 19.9 Å². The van der Waals surface area contributed by atoms with E-state index in [0.29, 0.717) is 5.69 Å². The van der Waals surface area contributed by atoms with Crippen molar-refractivity contribution in [3.05, 3.63) is 42.5 Å². The molecule has 5 N–H and O–H groups in total. The Morgan fingerprint density at radius 2 is 1.68 bits per heavy atom. The van der Waals surface area contributed by atoms with Gasteiger partial charge in [0.2, 0.25) is 5.95 Å². The van der Waals surface area contributed by atoms with Crippen LogP contribution >= 0.6 is 0 Å². The van der Waals surface area contributed by atoms with E-state index in [1.807, 2.05) is 0 Å². The molecule has 0 saturated heterocycles. The zero-order valence-corrected chi connectivity index (χ0v) is 11.2. The number of rotatable bonds is 2. The highest BCUT2D eigenvalue weighted by atomic mass is 19.1. The molecule has 8 heteroatoms. The Morgan fingerprint density at radius 1 is 0.909 bits per heavy atom. The van der Waals surface area contributed by atoms with Gasteiger partial charge in [0.05, 0.1) is 11.4 Å². The van der Waals surface area contributed by atoms with Crippen LogP contribution in [0.15, 0.2) is 36.7 Å². The molecule has 3 aromatic rings. The fraction of sp³-hybridized carbons (Fsp3) is 0. The molecule has 0 amide bonds. The van der Waals surface area contributed by atoms with E-state index in [4.69, 9.17) is 11.5 Å². The fourth-order valence-electron chi connectivity index (χ4n) is 1.95. The minimum absolute atomic E-state index is 0.0449. The van der Waals surface area contributed by atoms with Gasteiger partial charge in [-0.05, 0) is 24.3 Å². The molecule has 0 aromatic carbocycles. The highest BCUT2D eigenvalue weighted by Crippen LogP contribution is 2.30. The minimum atomic E-state index is -0.672. The van der Waals surface area contributed by atoms with E-state index in [0.717, 1.165) is 0 Å². The lowest BCUT2D eigenvalue weighted by atomic mass is 10.1. The summed E-state index contributed by atoms with van der Waals surface area (Å²) in [7, 11) is 0. The van der Waals surface area contributed by atoms with E-state index in [9.17, 15) is 9.50 Å². The van der Waals surface area contributed by atoms with Crippen LogP contribution in [-0.4, -0.2) is 25.0 Å². The highest BCUT2D eigenvalue weighted by Gasteiger charge is 2.14. The van der Waals surface area contributed by atoms with E-state index >= 15 is 0 Å². The lowest BCUT2D eigenvalue weighted by Gasteiger charge is -2.08. The number of hydrogen-bond acceptors (Lipinski definition) is 7. The summed E-state index contributed by atoms with van der Waals surface area (Å²) >= 11 is 0. The third-order valence-electron chi connectivity index (χ3n) is 2.98. The van der Waals surface area contributed by atoms with E-state index < -0.39 is 5.82 Å². The largest absolute Gasteiger partial charge is 0.506 e. The predicted octanol–water partition coefficient (Wildman–Crippen LogP) is 1.61. The van der Waals surface area contributed by atoms with Crippen molar-refractivity contribution in [3.8, 4) is 28.4 Å². The summed E-state index contributed by atoms with van der Waals surface area (Å²) in [5, 5.41) is 9.96.